The quantitative estimate of drug-likeness (QED) is 0.401. The van der Waals surface area contributed by atoms with Crippen LogP contribution in [0.15, 0.2) is 47.3 Å². The zero-order valence-electron chi connectivity index (χ0n) is 20.3. The number of nitrogens with one attached hydrogen (secondary N) is 1. The minimum absolute atomic E-state index is 0.135. The molecule has 0 amide bonds. The van der Waals surface area contributed by atoms with E-state index >= 15 is 0 Å². The molecule has 10 heteroatoms. The van der Waals surface area contributed by atoms with E-state index in [1.165, 1.54) is 0 Å². The summed E-state index contributed by atoms with van der Waals surface area (Å²) >= 11 is 13.2. The van der Waals surface area contributed by atoms with E-state index in [1.54, 1.807) is 22.8 Å². The van der Waals surface area contributed by atoms with Gasteiger partial charge in [-0.05, 0) is 42.7 Å². The number of aromatic nitrogens is 4. The van der Waals surface area contributed by atoms with Crippen molar-refractivity contribution in [1.29, 1.82) is 0 Å². The Hall–Kier alpha value is -3.20. The van der Waals surface area contributed by atoms with Gasteiger partial charge in [-0.3, -0.25) is 0 Å². The van der Waals surface area contributed by atoms with Gasteiger partial charge in [0.25, 0.3) is 0 Å². The van der Waals surface area contributed by atoms with Crippen molar-refractivity contribution in [3.05, 3.63) is 68.6 Å². The summed E-state index contributed by atoms with van der Waals surface area (Å²) in [5, 5.41) is 4.76. The molecule has 1 atom stereocenters. The van der Waals surface area contributed by atoms with Crippen LogP contribution in [0.1, 0.15) is 32.3 Å². The fourth-order valence-electron chi connectivity index (χ4n) is 4.67. The summed E-state index contributed by atoms with van der Waals surface area (Å²) in [5.41, 5.74) is 8.40. The molecule has 4 aromatic rings. The number of nitrogens with two attached hydrogens (primary N) is 1. The van der Waals surface area contributed by atoms with E-state index < -0.39 is 5.69 Å². The molecular formula is C26H27Cl2N7O. The first kappa shape index (κ1) is 24.5. The Balaban J connectivity index is 1.88. The number of rotatable bonds is 4. The predicted octanol–water partition coefficient (Wildman–Crippen LogP) is 4.65. The predicted molar refractivity (Wildman–Crippen MR) is 147 cm³/mol. The molecule has 4 heterocycles. The van der Waals surface area contributed by atoms with Crippen LogP contribution < -0.4 is 21.6 Å². The Morgan fingerprint density at radius 3 is 2.56 bits per heavy atom. The lowest BCUT2D eigenvalue weighted by Gasteiger charge is -2.35. The topological polar surface area (TPSA) is 102 Å². The van der Waals surface area contributed by atoms with Gasteiger partial charge in [0.05, 0.1) is 21.1 Å². The highest BCUT2D eigenvalue weighted by atomic mass is 35.5. The summed E-state index contributed by atoms with van der Waals surface area (Å²) < 4.78 is 1.56. The summed E-state index contributed by atoms with van der Waals surface area (Å²) in [6.45, 7) is 8.54. The van der Waals surface area contributed by atoms with E-state index in [-0.39, 0.29) is 12.0 Å². The number of piperazine rings is 1. The fraction of sp³-hybridized carbons (Fsp3) is 0.308. The van der Waals surface area contributed by atoms with Crippen molar-refractivity contribution < 1.29 is 0 Å². The second-order valence-corrected chi connectivity index (χ2v) is 10.1. The highest BCUT2D eigenvalue weighted by Gasteiger charge is 2.26. The molecule has 1 fully saturated rings. The van der Waals surface area contributed by atoms with Gasteiger partial charge in [-0.15, -0.1) is 0 Å². The van der Waals surface area contributed by atoms with E-state index in [1.807, 2.05) is 24.3 Å². The maximum absolute atomic E-state index is 13.7. The second-order valence-electron chi connectivity index (χ2n) is 9.27. The molecule has 1 aliphatic heterocycles. The van der Waals surface area contributed by atoms with Gasteiger partial charge in [0.15, 0.2) is 5.65 Å². The van der Waals surface area contributed by atoms with E-state index in [4.69, 9.17) is 33.9 Å². The molecule has 0 radical (unpaired) electrons. The van der Waals surface area contributed by atoms with Crippen LogP contribution in [-0.4, -0.2) is 45.2 Å². The molecule has 1 aromatic carbocycles. The van der Waals surface area contributed by atoms with Gasteiger partial charge in [-0.1, -0.05) is 55.2 Å². The van der Waals surface area contributed by atoms with Crippen molar-refractivity contribution in [3.8, 4) is 17.1 Å². The summed E-state index contributed by atoms with van der Waals surface area (Å²) in [6.07, 6.45) is 0. The van der Waals surface area contributed by atoms with E-state index in [0.29, 0.717) is 50.6 Å². The summed E-state index contributed by atoms with van der Waals surface area (Å²) in [5.74, 6) is 1.03. The number of para-hydroxylation sites is 1. The third-order valence-corrected chi connectivity index (χ3v) is 7.06. The number of anilines is 2. The Morgan fingerprint density at radius 2 is 1.81 bits per heavy atom. The highest BCUT2D eigenvalue weighted by Crippen LogP contribution is 2.36. The summed E-state index contributed by atoms with van der Waals surface area (Å²) in [6, 6.07) is 13.0. The van der Waals surface area contributed by atoms with Crippen molar-refractivity contribution in [3.63, 3.8) is 0 Å². The van der Waals surface area contributed by atoms with Crippen LogP contribution in [0.4, 0.5) is 11.6 Å². The van der Waals surface area contributed by atoms with Crippen molar-refractivity contribution in [1.82, 2.24) is 24.8 Å². The molecule has 0 bridgehead atoms. The molecule has 0 unspecified atom stereocenters. The molecule has 0 saturated carbocycles. The highest BCUT2D eigenvalue weighted by molar-refractivity contribution is 6.36. The first-order valence-electron chi connectivity index (χ1n) is 11.9. The minimum atomic E-state index is -0.413. The van der Waals surface area contributed by atoms with Crippen LogP contribution >= 0.6 is 23.2 Å². The van der Waals surface area contributed by atoms with Gasteiger partial charge < -0.3 is 16.0 Å². The van der Waals surface area contributed by atoms with Crippen LogP contribution in [0.2, 0.25) is 10.0 Å². The Bertz CT molecular complexity index is 1520. The normalized spacial score (nSPS) is 16.2. The van der Waals surface area contributed by atoms with Gasteiger partial charge in [0.1, 0.15) is 23.0 Å². The third kappa shape index (κ3) is 4.30. The smallest absolute Gasteiger partial charge is 0.355 e. The van der Waals surface area contributed by atoms with E-state index in [2.05, 4.69) is 41.0 Å². The van der Waals surface area contributed by atoms with Crippen molar-refractivity contribution in [2.24, 2.45) is 0 Å². The molecule has 3 N–H and O–H groups in total. The van der Waals surface area contributed by atoms with Crippen LogP contribution in [0.25, 0.3) is 28.1 Å². The molecule has 8 nitrogen and oxygen atoms in total. The van der Waals surface area contributed by atoms with Gasteiger partial charge in [-0.25, -0.2) is 19.3 Å². The molecule has 0 aliphatic carbocycles. The number of nitrogen functional groups attached to an aromatic ring is 1. The Labute approximate surface area is 219 Å². The third-order valence-electron chi connectivity index (χ3n) is 6.47. The summed E-state index contributed by atoms with van der Waals surface area (Å²) in [4.78, 5) is 29.7. The van der Waals surface area contributed by atoms with Crippen LogP contribution in [0, 0.1) is 0 Å². The fourth-order valence-corrected chi connectivity index (χ4v) is 5.10. The number of nitrogens with zero attached hydrogens (tertiary/aromatic N) is 5. The average molecular weight is 524 g/mol. The lowest BCUT2D eigenvalue weighted by Crippen LogP contribution is -2.50. The first-order valence-corrected chi connectivity index (χ1v) is 12.6. The van der Waals surface area contributed by atoms with Crippen LogP contribution in [0.3, 0.4) is 0 Å². The molecule has 3 aromatic heterocycles. The first-order chi connectivity index (χ1) is 17.3. The van der Waals surface area contributed by atoms with Crippen molar-refractivity contribution in [2.45, 2.75) is 32.7 Å². The van der Waals surface area contributed by atoms with Crippen molar-refractivity contribution in [2.75, 3.05) is 30.3 Å². The molecule has 36 heavy (non-hydrogen) atoms. The SMILES string of the molecule is CC(C)c1ccccc1-n1c(=O)nc(N2CCNC[C@@H]2C)c2cc(Cl)c(-c3nc(N)ccc3Cl)nc21. The maximum Gasteiger partial charge on any atom is 0.355 e. The van der Waals surface area contributed by atoms with E-state index in [9.17, 15) is 4.79 Å². The lowest BCUT2D eigenvalue weighted by molar-refractivity contribution is 0.497. The maximum atomic E-state index is 13.7. The van der Waals surface area contributed by atoms with Gasteiger partial charge in [0, 0.05) is 25.7 Å². The van der Waals surface area contributed by atoms with Gasteiger partial charge in [0.2, 0.25) is 0 Å². The molecule has 1 aliphatic rings. The standard InChI is InChI=1S/C26H27Cl2N7O/c1-14(2)16-6-4-5-7-20(16)35-25-17(24(33-26(35)36)34-11-10-30-13-15(34)3)12-19(28)23(32-25)22-18(27)8-9-21(29)31-22/h4-9,12,14-15,30H,10-11,13H2,1-3H3,(H2,29,31)/t15-/m0/s1. The Kier molecular flexibility index (Phi) is 6.59. The summed E-state index contributed by atoms with van der Waals surface area (Å²) in [7, 11) is 0. The van der Waals surface area contributed by atoms with Crippen molar-refractivity contribution >= 4 is 45.9 Å². The second kappa shape index (κ2) is 9.69. The van der Waals surface area contributed by atoms with Gasteiger partial charge >= 0.3 is 5.69 Å². The zero-order valence-corrected chi connectivity index (χ0v) is 21.8. The van der Waals surface area contributed by atoms with Gasteiger partial charge in [-0.2, -0.15) is 4.98 Å². The average Bonchev–Trinajstić information content (AvgIpc) is 2.85. The largest absolute Gasteiger partial charge is 0.384 e. The number of hydrogen-bond acceptors (Lipinski definition) is 7. The lowest BCUT2D eigenvalue weighted by atomic mass is 10.0. The molecule has 0 spiro atoms. The minimum Gasteiger partial charge on any atom is -0.384 e. The monoisotopic (exact) mass is 523 g/mol. The number of halogens is 2. The number of benzene rings is 1. The number of fused-ring (bicyclic) bond motifs is 1. The molecule has 5 rings (SSSR count). The van der Waals surface area contributed by atoms with E-state index in [0.717, 1.165) is 24.3 Å². The number of pyridine rings is 2. The molecule has 1 saturated heterocycles. The van der Waals surface area contributed by atoms with Crippen LogP contribution in [0.5, 0.6) is 0 Å². The molecular weight excluding hydrogens is 497 g/mol. The Morgan fingerprint density at radius 1 is 1.06 bits per heavy atom. The van der Waals surface area contributed by atoms with Crippen LogP contribution in [-0.2, 0) is 0 Å². The number of hydrogen-bond donors (Lipinski definition) is 2. The zero-order chi connectivity index (χ0) is 25.6. The molecule has 186 valence electrons.